The summed E-state index contributed by atoms with van der Waals surface area (Å²) in [5.41, 5.74) is 3.87. The van der Waals surface area contributed by atoms with Crippen molar-refractivity contribution in [1.29, 1.82) is 0 Å². The average Bonchev–Trinajstić information content (AvgIpc) is 2.70. The summed E-state index contributed by atoms with van der Waals surface area (Å²) in [5, 5.41) is 10.1. The number of rotatable bonds is 1. The SMILES string of the molecule is COc1ccc2c3c1O[C@H]1C[C@@H](O)C=C(CN(C)C2)[C@H]31. The van der Waals surface area contributed by atoms with E-state index in [-0.39, 0.29) is 12.0 Å². The molecule has 1 aromatic carbocycles. The third-order valence-electron chi connectivity index (χ3n) is 4.59. The van der Waals surface area contributed by atoms with Gasteiger partial charge in [0, 0.05) is 31.0 Å². The molecule has 1 N–H and O–H groups in total. The van der Waals surface area contributed by atoms with E-state index in [1.807, 2.05) is 12.1 Å². The number of nitrogens with zero attached hydrogens (tertiary/aromatic N) is 1. The minimum Gasteiger partial charge on any atom is -0.493 e. The van der Waals surface area contributed by atoms with Crippen LogP contribution in [0.4, 0.5) is 0 Å². The van der Waals surface area contributed by atoms with Crippen molar-refractivity contribution in [1.82, 2.24) is 4.90 Å². The fraction of sp³-hybridized carbons (Fsp3) is 0.500. The van der Waals surface area contributed by atoms with Crippen molar-refractivity contribution in [2.75, 3.05) is 20.7 Å². The van der Waals surface area contributed by atoms with Crippen LogP contribution in [0.3, 0.4) is 0 Å². The highest BCUT2D eigenvalue weighted by atomic mass is 16.5. The van der Waals surface area contributed by atoms with Crippen LogP contribution in [0.15, 0.2) is 23.8 Å². The first-order valence-corrected chi connectivity index (χ1v) is 7.11. The van der Waals surface area contributed by atoms with Crippen molar-refractivity contribution in [3.05, 3.63) is 34.9 Å². The number of likely N-dealkylation sites (N-methyl/N-ethyl adjacent to an activating group) is 1. The largest absolute Gasteiger partial charge is 0.493 e. The van der Waals surface area contributed by atoms with Crippen LogP contribution < -0.4 is 9.47 Å². The summed E-state index contributed by atoms with van der Waals surface area (Å²) < 4.78 is 11.6. The predicted octanol–water partition coefficient (Wildman–Crippen LogP) is 1.68. The molecule has 3 aliphatic rings. The maximum absolute atomic E-state index is 10.1. The second kappa shape index (κ2) is 4.24. The van der Waals surface area contributed by atoms with Crippen LogP contribution in [0.1, 0.15) is 23.5 Å². The Hall–Kier alpha value is -1.52. The summed E-state index contributed by atoms with van der Waals surface area (Å²) in [4.78, 5) is 2.29. The quantitative estimate of drug-likeness (QED) is 0.790. The molecule has 106 valence electrons. The van der Waals surface area contributed by atoms with E-state index in [4.69, 9.17) is 9.47 Å². The van der Waals surface area contributed by atoms with Gasteiger partial charge in [0.15, 0.2) is 11.5 Å². The summed E-state index contributed by atoms with van der Waals surface area (Å²) in [6.07, 6.45) is 2.32. The summed E-state index contributed by atoms with van der Waals surface area (Å²) in [6, 6.07) is 4.14. The van der Waals surface area contributed by atoms with Crippen LogP contribution in [-0.4, -0.2) is 42.9 Å². The Bertz CT molecular complexity index is 596. The molecule has 0 saturated carbocycles. The average molecular weight is 273 g/mol. The van der Waals surface area contributed by atoms with Crippen LogP contribution in [0.2, 0.25) is 0 Å². The lowest BCUT2D eigenvalue weighted by Gasteiger charge is -2.29. The molecule has 4 nitrogen and oxygen atoms in total. The molecule has 0 bridgehead atoms. The van der Waals surface area contributed by atoms with Gasteiger partial charge in [-0.2, -0.15) is 0 Å². The third-order valence-corrected chi connectivity index (χ3v) is 4.59. The van der Waals surface area contributed by atoms with Crippen molar-refractivity contribution in [2.45, 2.75) is 31.1 Å². The normalized spacial score (nSPS) is 31.1. The highest BCUT2D eigenvalue weighted by molar-refractivity contribution is 5.59. The van der Waals surface area contributed by atoms with Gasteiger partial charge in [-0.15, -0.1) is 0 Å². The molecule has 4 rings (SSSR count). The summed E-state index contributed by atoms with van der Waals surface area (Å²) in [7, 11) is 3.80. The molecular formula is C16H19NO3. The van der Waals surface area contributed by atoms with Crippen molar-refractivity contribution < 1.29 is 14.6 Å². The van der Waals surface area contributed by atoms with Crippen LogP contribution in [0.5, 0.6) is 11.5 Å². The Balaban J connectivity index is 1.94. The molecule has 0 aromatic heterocycles. The molecule has 20 heavy (non-hydrogen) atoms. The van der Waals surface area contributed by atoms with Crippen LogP contribution in [0, 0.1) is 0 Å². The monoisotopic (exact) mass is 273 g/mol. The maximum Gasteiger partial charge on any atom is 0.165 e. The molecule has 2 aliphatic heterocycles. The van der Waals surface area contributed by atoms with E-state index in [9.17, 15) is 5.11 Å². The van der Waals surface area contributed by atoms with Gasteiger partial charge in [-0.05, 0) is 24.3 Å². The zero-order valence-corrected chi connectivity index (χ0v) is 11.8. The standard InChI is InChI=1S/C16H19NO3/c1-17-7-9-3-4-12(19-2)16-15(9)14-10(8-17)5-11(18)6-13(14)20-16/h3-5,11,13-14,18H,6-8H2,1-2H3/t11-,13-,14-/m0/s1. The van der Waals surface area contributed by atoms with Crippen molar-refractivity contribution in [2.24, 2.45) is 0 Å². The molecule has 2 heterocycles. The van der Waals surface area contributed by atoms with E-state index in [0.717, 1.165) is 24.6 Å². The number of benzene rings is 1. The minimum absolute atomic E-state index is 0.0431. The molecule has 0 fully saturated rings. The molecule has 1 aromatic rings. The molecule has 3 atom stereocenters. The predicted molar refractivity (Wildman–Crippen MR) is 75.2 cm³/mol. The van der Waals surface area contributed by atoms with Crippen molar-refractivity contribution in [3.8, 4) is 11.5 Å². The number of ether oxygens (including phenoxy) is 2. The molecule has 0 amide bonds. The van der Waals surface area contributed by atoms with Crippen LogP contribution >= 0.6 is 0 Å². The van der Waals surface area contributed by atoms with E-state index < -0.39 is 6.10 Å². The number of aliphatic hydroxyl groups excluding tert-OH is 1. The van der Waals surface area contributed by atoms with Gasteiger partial charge in [-0.3, -0.25) is 4.90 Å². The molecular weight excluding hydrogens is 254 g/mol. The van der Waals surface area contributed by atoms with Gasteiger partial charge >= 0.3 is 0 Å². The van der Waals surface area contributed by atoms with E-state index in [1.165, 1.54) is 16.7 Å². The lowest BCUT2D eigenvalue weighted by Crippen LogP contribution is -2.32. The molecule has 0 unspecified atom stereocenters. The Morgan fingerprint density at radius 1 is 1.35 bits per heavy atom. The molecule has 0 spiro atoms. The smallest absolute Gasteiger partial charge is 0.165 e. The van der Waals surface area contributed by atoms with Gasteiger partial charge < -0.3 is 14.6 Å². The van der Waals surface area contributed by atoms with Gasteiger partial charge in [0.2, 0.25) is 0 Å². The molecule has 1 aliphatic carbocycles. The highest BCUT2D eigenvalue weighted by Gasteiger charge is 2.44. The Morgan fingerprint density at radius 2 is 2.20 bits per heavy atom. The second-order valence-electron chi connectivity index (χ2n) is 6.02. The van der Waals surface area contributed by atoms with Crippen molar-refractivity contribution in [3.63, 3.8) is 0 Å². The van der Waals surface area contributed by atoms with E-state index in [1.54, 1.807) is 7.11 Å². The van der Waals surface area contributed by atoms with Gasteiger partial charge in [0.25, 0.3) is 0 Å². The van der Waals surface area contributed by atoms with E-state index in [0.29, 0.717) is 6.42 Å². The number of hydrogen-bond acceptors (Lipinski definition) is 4. The van der Waals surface area contributed by atoms with Crippen molar-refractivity contribution >= 4 is 0 Å². The first-order valence-electron chi connectivity index (χ1n) is 7.11. The van der Waals surface area contributed by atoms with Gasteiger partial charge in [-0.25, -0.2) is 0 Å². The van der Waals surface area contributed by atoms with E-state index in [2.05, 4.69) is 18.0 Å². The number of hydrogen-bond donors (Lipinski definition) is 1. The number of methoxy groups -OCH3 is 1. The summed E-state index contributed by atoms with van der Waals surface area (Å²) >= 11 is 0. The fourth-order valence-electron chi connectivity index (χ4n) is 3.86. The van der Waals surface area contributed by atoms with Gasteiger partial charge in [0.05, 0.1) is 13.2 Å². The first kappa shape index (κ1) is 12.2. The lowest BCUT2D eigenvalue weighted by molar-refractivity contribution is 0.111. The maximum atomic E-state index is 10.1. The van der Waals surface area contributed by atoms with Crippen LogP contribution in [0.25, 0.3) is 0 Å². The topological polar surface area (TPSA) is 41.9 Å². The highest BCUT2D eigenvalue weighted by Crippen LogP contribution is 2.53. The van der Waals surface area contributed by atoms with Crippen LogP contribution in [-0.2, 0) is 6.54 Å². The summed E-state index contributed by atoms with van der Waals surface area (Å²) in [5.74, 6) is 1.97. The zero-order chi connectivity index (χ0) is 13.9. The van der Waals surface area contributed by atoms with E-state index >= 15 is 0 Å². The molecule has 0 radical (unpaired) electrons. The minimum atomic E-state index is -0.401. The number of aliphatic hydroxyl groups is 1. The summed E-state index contributed by atoms with van der Waals surface area (Å²) in [6.45, 7) is 1.80. The fourth-order valence-corrected chi connectivity index (χ4v) is 3.86. The van der Waals surface area contributed by atoms with Gasteiger partial charge in [0.1, 0.15) is 6.10 Å². The molecule has 4 heteroatoms. The lowest BCUT2D eigenvalue weighted by atomic mass is 9.80. The first-order chi connectivity index (χ1) is 9.67. The molecule has 0 saturated heterocycles. The Labute approximate surface area is 118 Å². The Morgan fingerprint density at radius 3 is 3.00 bits per heavy atom. The second-order valence-corrected chi connectivity index (χ2v) is 6.02. The zero-order valence-electron chi connectivity index (χ0n) is 11.8. The Kier molecular flexibility index (Phi) is 2.59. The third kappa shape index (κ3) is 1.61. The van der Waals surface area contributed by atoms with Gasteiger partial charge in [-0.1, -0.05) is 12.1 Å².